The molecule has 0 radical (unpaired) electrons. The molecule has 6 heteroatoms. The third kappa shape index (κ3) is 3.62. The fraction of sp³-hybridized carbons (Fsp3) is 0.857. The third-order valence-electron chi connectivity index (χ3n) is 4.21. The number of carbonyl (C=O) groups excluding carboxylic acids is 1. The summed E-state index contributed by atoms with van der Waals surface area (Å²) in [7, 11) is 1.61. The van der Waals surface area contributed by atoms with Crippen LogP contribution in [-0.4, -0.2) is 36.7 Å². The Labute approximate surface area is 120 Å². The Bertz CT molecular complexity index is 350. The molecule has 0 spiro atoms. The quantitative estimate of drug-likeness (QED) is 0.298. The summed E-state index contributed by atoms with van der Waals surface area (Å²) in [6.07, 6.45) is 4.18. The minimum Gasteiger partial charge on any atom is -0.409 e. The van der Waals surface area contributed by atoms with Crippen molar-refractivity contribution in [3.8, 4) is 0 Å². The van der Waals surface area contributed by atoms with E-state index >= 15 is 0 Å². The zero-order valence-electron chi connectivity index (χ0n) is 12.7. The van der Waals surface area contributed by atoms with E-state index in [1.54, 1.807) is 7.11 Å². The second kappa shape index (κ2) is 7.47. The average Bonchev–Trinajstić information content (AvgIpc) is 2.46. The summed E-state index contributed by atoms with van der Waals surface area (Å²) in [6, 6.07) is -0.0715. The highest BCUT2D eigenvalue weighted by atomic mass is 16.5. The molecule has 116 valence electrons. The second-order valence-corrected chi connectivity index (χ2v) is 5.91. The number of ether oxygens (including phenoxy) is 1. The number of carbonyl (C=O) groups is 1. The average molecular weight is 285 g/mol. The number of methoxy groups -OCH3 is 1. The fourth-order valence-electron chi connectivity index (χ4n) is 2.74. The van der Waals surface area contributed by atoms with Gasteiger partial charge in [0.1, 0.15) is 5.41 Å². The minimum atomic E-state index is -0.867. The van der Waals surface area contributed by atoms with Crippen molar-refractivity contribution < 1.29 is 14.7 Å². The van der Waals surface area contributed by atoms with Gasteiger partial charge in [-0.3, -0.25) is 4.79 Å². The number of nitrogens with one attached hydrogen (secondary N) is 1. The van der Waals surface area contributed by atoms with Gasteiger partial charge in [0, 0.05) is 7.11 Å². The molecule has 1 unspecified atom stereocenters. The predicted octanol–water partition coefficient (Wildman–Crippen LogP) is 1.47. The molecular weight excluding hydrogens is 258 g/mol. The topological polar surface area (TPSA) is 96.9 Å². The maximum atomic E-state index is 12.7. The van der Waals surface area contributed by atoms with E-state index in [0.717, 1.165) is 19.3 Å². The van der Waals surface area contributed by atoms with Crippen LogP contribution < -0.4 is 11.1 Å². The van der Waals surface area contributed by atoms with Gasteiger partial charge in [-0.15, -0.1) is 0 Å². The number of rotatable bonds is 6. The van der Waals surface area contributed by atoms with Crippen LogP contribution in [0, 0.1) is 11.3 Å². The lowest BCUT2D eigenvalue weighted by molar-refractivity contribution is -0.130. The van der Waals surface area contributed by atoms with E-state index in [-0.39, 0.29) is 23.7 Å². The zero-order valence-corrected chi connectivity index (χ0v) is 12.7. The van der Waals surface area contributed by atoms with Crippen molar-refractivity contribution in [1.29, 1.82) is 0 Å². The van der Waals surface area contributed by atoms with Gasteiger partial charge in [0.05, 0.1) is 12.6 Å². The first-order valence-electron chi connectivity index (χ1n) is 7.26. The highest BCUT2D eigenvalue weighted by molar-refractivity contribution is 6.06. The maximum absolute atomic E-state index is 12.7. The summed E-state index contributed by atoms with van der Waals surface area (Å²) in [5.41, 5.74) is 4.95. The van der Waals surface area contributed by atoms with Gasteiger partial charge in [0.25, 0.3) is 0 Å². The Morgan fingerprint density at radius 3 is 2.45 bits per heavy atom. The van der Waals surface area contributed by atoms with Gasteiger partial charge in [0.15, 0.2) is 5.84 Å². The molecule has 6 nitrogen and oxygen atoms in total. The van der Waals surface area contributed by atoms with Crippen molar-refractivity contribution in [3.63, 3.8) is 0 Å². The van der Waals surface area contributed by atoms with E-state index in [1.165, 1.54) is 0 Å². The molecule has 1 amide bonds. The van der Waals surface area contributed by atoms with Gasteiger partial charge in [-0.25, -0.2) is 0 Å². The van der Waals surface area contributed by atoms with Gasteiger partial charge in [-0.1, -0.05) is 38.3 Å². The van der Waals surface area contributed by atoms with Crippen LogP contribution in [0.5, 0.6) is 0 Å². The van der Waals surface area contributed by atoms with Crippen molar-refractivity contribution in [3.05, 3.63) is 0 Å². The summed E-state index contributed by atoms with van der Waals surface area (Å²) in [4.78, 5) is 12.7. The first kappa shape index (κ1) is 16.8. The molecule has 4 N–H and O–H groups in total. The zero-order chi connectivity index (χ0) is 15.2. The van der Waals surface area contributed by atoms with E-state index in [4.69, 9.17) is 15.7 Å². The molecular formula is C14H27N3O3. The number of hydrogen-bond donors (Lipinski definition) is 3. The van der Waals surface area contributed by atoms with E-state index in [0.29, 0.717) is 19.4 Å². The molecule has 0 aliphatic heterocycles. The summed E-state index contributed by atoms with van der Waals surface area (Å²) in [6.45, 7) is 4.51. The molecule has 0 aromatic heterocycles. The highest BCUT2D eigenvalue weighted by Gasteiger charge is 2.44. The molecule has 1 saturated carbocycles. The van der Waals surface area contributed by atoms with Gasteiger partial charge in [0.2, 0.25) is 5.91 Å². The van der Waals surface area contributed by atoms with E-state index in [1.807, 2.05) is 13.8 Å². The van der Waals surface area contributed by atoms with E-state index in [2.05, 4.69) is 10.5 Å². The molecule has 0 aromatic rings. The van der Waals surface area contributed by atoms with Crippen LogP contribution in [0.25, 0.3) is 0 Å². The molecule has 0 bridgehead atoms. The Kier molecular flexibility index (Phi) is 6.26. The summed E-state index contributed by atoms with van der Waals surface area (Å²) < 4.78 is 5.15. The van der Waals surface area contributed by atoms with Gasteiger partial charge in [-0.05, 0) is 18.8 Å². The Balaban J connectivity index is 2.88. The smallest absolute Gasteiger partial charge is 0.234 e. The molecule has 20 heavy (non-hydrogen) atoms. The SMILES string of the molecule is COCC(NC(=O)C1(C(N)=NO)CCCCC1)C(C)C. The van der Waals surface area contributed by atoms with E-state index < -0.39 is 5.41 Å². The molecule has 1 aliphatic rings. The molecule has 0 saturated heterocycles. The number of hydrogen-bond acceptors (Lipinski definition) is 4. The number of amides is 1. The van der Waals surface area contributed by atoms with Crippen LogP contribution in [0.15, 0.2) is 5.16 Å². The lowest BCUT2D eigenvalue weighted by Gasteiger charge is -2.36. The molecule has 1 aliphatic carbocycles. The van der Waals surface area contributed by atoms with Crippen molar-refractivity contribution in [2.24, 2.45) is 22.2 Å². The molecule has 1 fully saturated rings. The second-order valence-electron chi connectivity index (χ2n) is 5.91. The largest absolute Gasteiger partial charge is 0.409 e. The molecule has 0 aromatic carbocycles. The van der Waals surface area contributed by atoms with Gasteiger partial charge in [-0.2, -0.15) is 0 Å². The molecule has 1 rings (SSSR count). The van der Waals surface area contributed by atoms with Crippen molar-refractivity contribution in [2.75, 3.05) is 13.7 Å². The number of amidine groups is 1. The van der Waals surface area contributed by atoms with Crippen LogP contribution in [0.2, 0.25) is 0 Å². The molecule has 1 atom stereocenters. The van der Waals surface area contributed by atoms with Crippen LogP contribution in [0.3, 0.4) is 0 Å². The van der Waals surface area contributed by atoms with Gasteiger partial charge >= 0.3 is 0 Å². The highest BCUT2D eigenvalue weighted by Crippen LogP contribution is 2.37. The van der Waals surface area contributed by atoms with Crippen molar-refractivity contribution >= 4 is 11.7 Å². The van der Waals surface area contributed by atoms with Gasteiger partial charge < -0.3 is 21.0 Å². The number of nitrogens with zero attached hydrogens (tertiary/aromatic N) is 1. The Morgan fingerprint density at radius 1 is 1.40 bits per heavy atom. The van der Waals surface area contributed by atoms with Crippen molar-refractivity contribution in [2.45, 2.75) is 52.0 Å². The number of nitrogens with two attached hydrogens (primary N) is 1. The summed E-state index contributed by atoms with van der Waals surface area (Å²) >= 11 is 0. The summed E-state index contributed by atoms with van der Waals surface area (Å²) in [5, 5.41) is 15.1. The fourth-order valence-corrected chi connectivity index (χ4v) is 2.74. The van der Waals surface area contributed by atoms with Crippen LogP contribution in [0.4, 0.5) is 0 Å². The van der Waals surface area contributed by atoms with Crippen LogP contribution in [-0.2, 0) is 9.53 Å². The standard InChI is InChI=1S/C14H27N3O3/c1-10(2)11(9-20-3)16-13(18)14(12(15)17-19)7-5-4-6-8-14/h10-11,19H,4-9H2,1-3H3,(H2,15,17)(H,16,18). The normalized spacial score (nSPS) is 20.7. The third-order valence-corrected chi connectivity index (χ3v) is 4.21. The van der Waals surface area contributed by atoms with Crippen molar-refractivity contribution in [1.82, 2.24) is 5.32 Å². The lowest BCUT2D eigenvalue weighted by atomic mass is 9.72. The lowest BCUT2D eigenvalue weighted by Crippen LogP contribution is -2.55. The van der Waals surface area contributed by atoms with E-state index in [9.17, 15) is 4.79 Å². The first-order valence-corrected chi connectivity index (χ1v) is 7.26. The summed E-state index contributed by atoms with van der Waals surface area (Å²) in [5.74, 6) is 0.129. The maximum Gasteiger partial charge on any atom is 0.234 e. The Hall–Kier alpha value is -1.30. The Morgan fingerprint density at radius 2 is 2.00 bits per heavy atom. The monoisotopic (exact) mass is 285 g/mol. The minimum absolute atomic E-state index is 0.0228. The molecule has 0 heterocycles. The van der Waals surface area contributed by atoms with Crippen LogP contribution >= 0.6 is 0 Å². The number of oxime groups is 1. The predicted molar refractivity (Wildman–Crippen MR) is 77.6 cm³/mol. The first-order chi connectivity index (χ1) is 9.47. The van der Waals surface area contributed by atoms with Crippen LogP contribution in [0.1, 0.15) is 46.0 Å².